The van der Waals surface area contributed by atoms with Crippen LogP contribution >= 0.6 is 0 Å². The summed E-state index contributed by atoms with van der Waals surface area (Å²) in [6, 6.07) is 0. The lowest BCUT2D eigenvalue weighted by Crippen LogP contribution is -2.29. The Bertz CT molecular complexity index is 484. The van der Waals surface area contributed by atoms with Gasteiger partial charge in [0.2, 0.25) is 0 Å². The molecule has 0 atom stereocenters. The molecule has 0 radical (unpaired) electrons. The fourth-order valence-electron chi connectivity index (χ4n) is 2.12. The first-order chi connectivity index (χ1) is 14.1. The molecule has 0 amide bonds. The van der Waals surface area contributed by atoms with Crippen LogP contribution in [0.1, 0.15) is 68.2 Å². The number of carboxylic acid groups (broad SMARTS) is 2. The van der Waals surface area contributed by atoms with Crippen LogP contribution in [0.4, 0.5) is 0 Å². The number of hydrogen-bond donors (Lipinski definition) is 4. The summed E-state index contributed by atoms with van der Waals surface area (Å²) in [6.07, 6.45) is 3.43. The van der Waals surface area contributed by atoms with Crippen LogP contribution in [-0.2, 0) is 19.2 Å². The minimum Gasteiger partial charge on any atom is -0.481 e. The monoisotopic (exact) mass is 496 g/mol. The minimum absolute atomic E-state index is 0. The smallest absolute Gasteiger partial charge is 0.304 e. The van der Waals surface area contributed by atoms with Crippen LogP contribution in [0.5, 0.6) is 0 Å². The molecule has 2 aliphatic rings. The topological polar surface area (TPSA) is 139 Å². The van der Waals surface area contributed by atoms with Gasteiger partial charge in [0.15, 0.2) is 0 Å². The predicted molar refractivity (Wildman–Crippen MR) is 143 cm³/mol. The molecule has 0 bridgehead atoms. The van der Waals surface area contributed by atoms with Crippen LogP contribution < -0.4 is 10.6 Å². The van der Waals surface area contributed by atoms with Gasteiger partial charge in [0.1, 0.15) is 11.6 Å². The van der Waals surface area contributed by atoms with Crippen molar-refractivity contribution in [1.82, 2.24) is 20.4 Å². The van der Waals surface area contributed by atoms with E-state index in [2.05, 4.69) is 15.5 Å². The Morgan fingerprint density at radius 3 is 1.50 bits per heavy atom. The second-order valence-electron chi connectivity index (χ2n) is 7.32. The van der Waals surface area contributed by atoms with Gasteiger partial charge in [-0.25, -0.2) is 0 Å². The number of carbonyl (C=O) groups is 4. The molecule has 0 aromatic rings. The molecule has 2 rings (SSSR count). The van der Waals surface area contributed by atoms with Gasteiger partial charge in [0.25, 0.3) is 0 Å². The molecule has 208 valence electrons. The third-order valence-electron chi connectivity index (χ3n) is 4.07. The number of carbonyl (C=O) groups excluding carboxylic acids is 2. The zero-order valence-corrected chi connectivity index (χ0v) is 18.9. The molecule has 2 fully saturated rings. The van der Waals surface area contributed by atoms with Gasteiger partial charge < -0.3 is 30.6 Å². The second kappa shape index (κ2) is 31.1. The first-order valence-corrected chi connectivity index (χ1v) is 10.2. The van der Waals surface area contributed by atoms with Crippen molar-refractivity contribution >= 4 is 23.5 Å². The van der Waals surface area contributed by atoms with Gasteiger partial charge in [-0.2, -0.15) is 0 Å². The van der Waals surface area contributed by atoms with E-state index in [4.69, 9.17) is 10.2 Å². The number of ketones is 2. The number of rotatable bonds is 6. The highest BCUT2D eigenvalue weighted by atomic mass is 16.4. The Hall–Kier alpha value is -1.88. The number of aliphatic carboxylic acids is 2. The van der Waals surface area contributed by atoms with Crippen molar-refractivity contribution in [2.45, 2.75) is 68.2 Å². The Morgan fingerprint density at radius 1 is 0.882 bits per heavy atom. The highest BCUT2D eigenvalue weighted by Gasteiger charge is 2.11. The third-order valence-corrected chi connectivity index (χ3v) is 4.07. The Morgan fingerprint density at radius 2 is 1.29 bits per heavy atom. The van der Waals surface area contributed by atoms with Crippen LogP contribution in [0.3, 0.4) is 0 Å². The molecule has 10 nitrogen and oxygen atoms in total. The van der Waals surface area contributed by atoms with Gasteiger partial charge in [0, 0.05) is 65.0 Å². The minimum atomic E-state index is -0.755. The van der Waals surface area contributed by atoms with Crippen molar-refractivity contribution in [2.24, 2.45) is 0 Å². The van der Waals surface area contributed by atoms with Crippen LogP contribution in [0.25, 0.3) is 0 Å². The van der Waals surface area contributed by atoms with Gasteiger partial charge in [-0.05, 0) is 28.2 Å². The summed E-state index contributed by atoms with van der Waals surface area (Å²) in [5.41, 5.74) is 0. The molecule has 0 saturated carbocycles. The maximum Gasteiger partial charge on any atom is 0.304 e. The zero-order chi connectivity index (χ0) is 23.4. The summed E-state index contributed by atoms with van der Waals surface area (Å²) in [7, 11) is 7.47. The zero-order valence-electron chi connectivity index (χ0n) is 18.9. The van der Waals surface area contributed by atoms with E-state index in [-0.39, 0.29) is 42.5 Å². The highest BCUT2D eigenvalue weighted by molar-refractivity contribution is 5.79. The van der Waals surface area contributed by atoms with Crippen molar-refractivity contribution in [3.63, 3.8) is 0 Å². The molecular weight excluding hydrogens is 440 g/mol. The van der Waals surface area contributed by atoms with Crippen molar-refractivity contribution in [3.8, 4) is 0 Å². The quantitative estimate of drug-likeness (QED) is 0.433. The Labute approximate surface area is 209 Å². The number of nitrogens with zero attached hydrogens (tertiary/aromatic N) is 2. The lowest BCUT2D eigenvalue weighted by Gasteiger charge is -2.19. The molecule has 0 unspecified atom stereocenters. The van der Waals surface area contributed by atoms with E-state index >= 15 is 0 Å². The van der Waals surface area contributed by atoms with Gasteiger partial charge in [-0.3, -0.25) is 19.2 Å². The van der Waals surface area contributed by atoms with E-state index in [9.17, 15) is 19.2 Å². The molecule has 0 aromatic carbocycles. The second-order valence-corrected chi connectivity index (χ2v) is 7.32. The molecule has 0 spiro atoms. The molecule has 0 aliphatic carbocycles. The van der Waals surface area contributed by atoms with E-state index in [0.717, 1.165) is 51.9 Å². The van der Waals surface area contributed by atoms with Crippen LogP contribution in [0.2, 0.25) is 0 Å². The van der Waals surface area contributed by atoms with Crippen molar-refractivity contribution in [2.75, 3.05) is 67.5 Å². The van der Waals surface area contributed by atoms with Crippen LogP contribution in [0.15, 0.2) is 0 Å². The summed E-state index contributed by atoms with van der Waals surface area (Å²) in [4.78, 5) is 44.6. The van der Waals surface area contributed by atoms with Gasteiger partial charge >= 0.3 is 11.9 Å². The van der Waals surface area contributed by atoms with Gasteiger partial charge in [-0.1, -0.05) is 29.7 Å². The van der Waals surface area contributed by atoms with E-state index in [1.165, 1.54) is 0 Å². The highest BCUT2D eigenvalue weighted by Crippen LogP contribution is 2.01. The first kappa shape index (κ1) is 45.6. The van der Waals surface area contributed by atoms with E-state index < -0.39 is 11.9 Å². The number of likely N-dealkylation sites (tertiary alicyclic amines) is 1. The van der Waals surface area contributed by atoms with Crippen molar-refractivity contribution in [3.05, 3.63) is 0 Å². The normalized spacial score (nSPS) is 14.4. The summed E-state index contributed by atoms with van der Waals surface area (Å²) in [6.45, 7) is 4.86. The number of piperidine rings is 2. The first-order valence-electron chi connectivity index (χ1n) is 10.2. The standard InChI is InChI=1S/C6H11NO.C5H11NO2.C5H9NO.C4H9NO2.4CH4/c1-7-4-2-6(8)3-5-7;1-6(2)4-3-5(7)8;7-5-1-3-6-4-2-5;1-5-3-2-4(6)7;;;;/h2-5H2,1H3;3-4H2,1-2H3,(H,7,8);6H,1-4H2;5H,2-3H2,1H3,(H,6,7);4*1H4. The summed E-state index contributed by atoms with van der Waals surface area (Å²) in [5.74, 6) is -0.671. The fraction of sp³-hybridized carbons (Fsp3) is 0.833. The molecule has 2 aliphatic heterocycles. The van der Waals surface area contributed by atoms with E-state index in [1.807, 2.05) is 26.0 Å². The largest absolute Gasteiger partial charge is 0.481 e. The molecular formula is C24H56N4O6. The Kier molecular flexibility index (Phi) is 41.7. The number of carboxylic acids is 2. The van der Waals surface area contributed by atoms with Crippen LogP contribution in [-0.4, -0.2) is 111 Å². The van der Waals surface area contributed by atoms with Crippen molar-refractivity contribution in [1.29, 1.82) is 0 Å². The molecule has 0 aromatic heterocycles. The Balaban J connectivity index is -0.0000000741. The average Bonchev–Trinajstić information content (AvgIpc) is 2.69. The summed E-state index contributed by atoms with van der Waals surface area (Å²) < 4.78 is 0. The molecule has 2 saturated heterocycles. The maximum atomic E-state index is 10.6. The van der Waals surface area contributed by atoms with E-state index in [1.54, 1.807) is 7.05 Å². The molecule has 34 heavy (non-hydrogen) atoms. The van der Waals surface area contributed by atoms with Crippen molar-refractivity contribution < 1.29 is 29.4 Å². The summed E-state index contributed by atoms with van der Waals surface area (Å²) in [5, 5.41) is 22.0. The number of hydrogen-bond acceptors (Lipinski definition) is 8. The third kappa shape index (κ3) is 40.5. The van der Waals surface area contributed by atoms with Gasteiger partial charge in [0.05, 0.1) is 12.8 Å². The lowest BCUT2D eigenvalue weighted by atomic mass is 10.1. The predicted octanol–water partition coefficient (Wildman–Crippen LogP) is 2.47. The molecule has 10 heteroatoms. The maximum absolute atomic E-state index is 10.6. The number of nitrogens with one attached hydrogen (secondary N) is 2. The molecule has 2 heterocycles. The number of Topliss-reactive ketones (excluding diaryl/α,β-unsaturated/α-hetero) is 2. The average molecular weight is 497 g/mol. The van der Waals surface area contributed by atoms with Crippen LogP contribution in [0, 0.1) is 0 Å². The molecule has 4 N–H and O–H groups in total. The SMILES string of the molecule is C.C.C.C.CN(C)CCC(=O)O.CN1CCC(=O)CC1.CNCCC(=O)O.O=C1CCNCC1. The summed E-state index contributed by atoms with van der Waals surface area (Å²) >= 11 is 0. The van der Waals surface area contributed by atoms with Gasteiger partial charge in [-0.15, -0.1) is 0 Å². The van der Waals surface area contributed by atoms with E-state index in [0.29, 0.717) is 24.7 Å². The fourth-order valence-corrected chi connectivity index (χ4v) is 2.12. The lowest BCUT2D eigenvalue weighted by molar-refractivity contribution is -0.138.